The maximum absolute atomic E-state index is 13.3. The number of fused-ring (bicyclic) bond motifs is 8. The van der Waals surface area contributed by atoms with Gasteiger partial charge in [0.25, 0.3) is 23.6 Å². The minimum Gasteiger partial charge on any atom is -0.483 e. The third-order valence-corrected chi connectivity index (χ3v) is 11.6. The number of carbonyl (C=O) groups is 4. The fraction of sp³-hybridized carbons (Fsp3) is 0.472. The molecule has 1 aliphatic rings. The number of para-hydroxylation sites is 4. The molecule has 0 heterocycles. The Balaban J connectivity index is 1.67. The van der Waals surface area contributed by atoms with E-state index in [1.807, 2.05) is 149 Å². The number of hydrogen-bond acceptors (Lipinski definition) is 12. The molecule has 16 nitrogen and oxygen atoms in total. The fourth-order valence-corrected chi connectivity index (χ4v) is 7.94. The summed E-state index contributed by atoms with van der Waals surface area (Å²) in [6, 6.07) is 23.7. The van der Waals surface area contributed by atoms with Crippen molar-refractivity contribution in [2.24, 2.45) is 0 Å². The first kappa shape index (κ1) is 53.8. The van der Waals surface area contributed by atoms with Gasteiger partial charge in [0.1, 0.15) is 23.0 Å². The predicted octanol–water partition coefficient (Wildman–Crippen LogP) is 3.15. The number of nitrogens with zero attached hydrogens (tertiary/aromatic N) is 4. The van der Waals surface area contributed by atoms with Crippen molar-refractivity contribution in [1.82, 2.24) is 40.9 Å². The Bertz CT molecular complexity index is 2180. The SMILES string of the molecule is CC1c2cccc(c2OCC(=O)NCCN(C)C)Cc2cccc(c2OCC(=O)NCCN(C)C)Cc2cccc(c2OCC(=O)NCCN(C)C)Cc2cccc1c2OCC(=O)NCCN(C)C. The van der Waals surface area contributed by atoms with E-state index >= 15 is 0 Å². The van der Waals surface area contributed by atoms with Crippen LogP contribution < -0.4 is 40.2 Å². The standard InChI is InChI=1S/C53H74N8O8/c1-37-44-20-12-18-42(52(44)68-35-48(64)56-24-28-60(6)7)31-40-16-10-14-38(50(40)66-33-46(62)54-22-26-58(2)3)30-39-15-11-17-41(51(39)67-34-47(63)55-23-27-59(4)5)32-43-19-13-21-45(37)53(43)69-36-49(65)57-25-29-61(8)9/h10-21,37H,22-36H2,1-9H3,(H,54,62)(H,55,63)(H,56,64)(H,57,65). The number of amides is 4. The fourth-order valence-electron chi connectivity index (χ4n) is 7.94. The van der Waals surface area contributed by atoms with E-state index in [2.05, 4.69) is 28.2 Å². The maximum Gasteiger partial charge on any atom is 0.257 e. The molecule has 4 aromatic carbocycles. The molecule has 0 atom stereocenters. The second kappa shape index (κ2) is 27.1. The number of benzene rings is 4. The van der Waals surface area contributed by atoms with Crippen molar-refractivity contribution in [2.45, 2.75) is 32.1 Å². The van der Waals surface area contributed by atoms with Crippen molar-refractivity contribution >= 4 is 23.6 Å². The van der Waals surface area contributed by atoms with Crippen molar-refractivity contribution in [1.29, 1.82) is 0 Å². The van der Waals surface area contributed by atoms with E-state index in [0.717, 1.165) is 44.5 Å². The number of hydrogen-bond donors (Lipinski definition) is 4. The van der Waals surface area contributed by atoms with E-state index in [1.165, 1.54) is 0 Å². The van der Waals surface area contributed by atoms with Gasteiger partial charge in [0, 0.05) is 88.7 Å². The molecule has 0 aliphatic heterocycles. The Morgan fingerprint density at radius 1 is 0.406 bits per heavy atom. The summed E-state index contributed by atoms with van der Waals surface area (Å²) in [6.45, 7) is 5.75. The summed E-state index contributed by atoms with van der Waals surface area (Å²) in [7, 11) is 15.6. The van der Waals surface area contributed by atoms with Crippen LogP contribution in [0.1, 0.15) is 57.3 Å². The Morgan fingerprint density at radius 2 is 0.638 bits per heavy atom. The average Bonchev–Trinajstić information content (AvgIpc) is 3.29. The molecule has 0 saturated carbocycles. The number of rotatable bonds is 24. The minimum absolute atomic E-state index is 0.216. The molecule has 16 heteroatoms. The second-order valence-corrected chi connectivity index (χ2v) is 18.5. The quantitative estimate of drug-likeness (QED) is 0.0813. The minimum atomic E-state index is -0.364. The molecule has 4 amide bonds. The Morgan fingerprint density at radius 3 is 0.899 bits per heavy atom. The van der Waals surface area contributed by atoms with Crippen LogP contribution in [-0.2, 0) is 38.4 Å². The molecule has 0 unspecified atom stereocenters. The van der Waals surface area contributed by atoms with Crippen molar-refractivity contribution in [3.05, 3.63) is 117 Å². The van der Waals surface area contributed by atoms with Gasteiger partial charge in [-0.05, 0) is 89.8 Å². The van der Waals surface area contributed by atoms with Gasteiger partial charge in [-0.3, -0.25) is 19.2 Å². The Hall–Kier alpha value is -6.20. The lowest BCUT2D eigenvalue weighted by atomic mass is 9.86. The third-order valence-electron chi connectivity index (χ3n) is 11.6. The van der Waals surface area contributed by atoms with E-state index in [0.29, 0.717) is 94.6 Å². The van der Waals surface area contributed by atoms with E-state index in [9.17, 15) is 19.2 Å². The van der Waals surface area contributed by atoms with Crippen LogP contribution >= 0.6 is 0 Å². The molecule has 374 valence electrons. The first-order chi connectivity index (χ1) is 33.1. The highest BCUT2D eigenvalue weighted by Crippen LogP contribution is 2.43. The van der Waals surface area contributed by atoms with Crippen LogP contribution in [0.2, 0.25) is 0 Å². The average molecular weight is 951 g/mol. The van der Waals surface area contributed by atoms with Gasteiger partial charge < -0.3 is 59.8 Å². The zero-order chi connectivity index (χ0) is 49.9. The summed E-state index contributed by atoms with van der Waals surface area (Å²) in [5.74, 6) is 0.789. The van der Waals surface area contributed by atoms with Crippen LogP contribution in [0.25, 0.3) is 0 Å². The second-order valence-electron chi connectivity index (χ2n) is 18.5. The number of carbonyl (C=O) groups excluding carboxylic acids is 4. The van der Waals surface area contributed by atoms with Gasteiger partial charge >= 0.3 is 0 Å². The number of nitrogens with one attached hydrogen (secondary N) is 4. The van der Waals surface area contributed by atoms with Crippen LogP contribution in [0.4, 0.5) is 0 Å². The normalized spacial score (nSPS) is 12.5. The summed E-state index contributed by atoms with van der Waals surface area (Å²) in [5, 5.41) is 11.9. The predicted molar refractivity (Wildman–Crippen MR) is 270 cm³/mol. The molecule has 0 spiro atoms. The van der Waals surface area contributed by atoms with Gasteiger partial charge in [-0.25, -0.2) is 0 Å². The summed E-state index contributed by atoms with van der Waals surface area (Å²) in [5.41, 5.74) is 6.43. The topological polar surface area (TPSA) is 166 Å². The van der Waals surface area contributed by atoms with Crippen molar-refractivity contribution in [3.63, 3.8) is 0 Å². The van der Waals surface area contributed by atoms with Gasteiger partial charge in [0.05, 0.1) is 0 Å². The van der Waals surface area contributed by atoms with Crippen molar-refractivity contribution in [3.8, 4) is 23.0 Å². The molecule has 8 bridgehead atoms. The van der Waals surface area contributed by atoms with E-state index in [4.69, 9.17) is 18.9 Å². The van der Waals surface area contributed by atoms with Crippen LogP contribution in [0, 0.1) is 0 Å². The Labute approximate surface area is 409 Å². The summed E-state index contributed by atoms with van der Waals surface area (Å²) in [4.78, 5) is 61.1. The molecule has 0 saturated heterocycles. The lowest BCUT2D eigenvalue weighted by molar-refractivity contribution is -0.123. The Kier molecular flexibility index (Phi) is 21.1. The smallest absolute Gasteiger partial charge is 0.257 e. The highest BCUT2D eigenvalue weighted by Gasteiger charge is 2.26. The van der Waals surface area contributed by atoms with E-state index in [1.54, 1.807) is 0 Å². The monoisotopic (exact) mass is 951 g/mol. The van der Waals surface area contributed by atoms with Gasteiger partial charge in [-0.1, -0.05) is 79.7 Å². The molecular weight excluding hydrogens is 877 g/mol. The summed E-state index contributed by atoms with van der Waals surface area (Å²) in [6.07, 6.45) is 0.994. The molecule has 0 aromatic heterocycles. The number of likely N-dealkylation sites (N-methyl/N-ethyl adjacent to an activating group) is 4. The number of ether oxygens (including phenoxy) is 4. The van der Waals surface area contributed by atoms with E-state index in [-0.39, 0.29) is 56.0 Å². The highest BCUT2D eigenvalue weighted by molar-refractivity contribution is 5.79. The highest BCUT2D eigenvalue weighted by atomic mass is 16.5. The first-order valence-electron chi connectivity index (χ1n) is 23.7. The van der Waals surface area contributed by atoms with E-state index < -0.39 is 0 Å². The molecule has 4 N–H and O–H groups in total. The molecule has 5 rings (SSSR count). The molecule has 4 aromatic rings. The van der Waals surface area contributed by atoms with Crippen LogP contribution in [0.3, 0.4) is 0 Å². The zero-order valence-corrected chi connectivity index (χ0v) is 42.2. The molecule has 1 aliphatic carbocycles. The molecular formula is C53H74N8O8. The largest absolute Gasteiger partial charge is 0.483 e. The van der Waals surface area contributed by atoms with Crippen molar-refractivity contribution in [2.75, 3.05) is 135 Å². The van der Waals surface area contributed by atoms with Crippen LogP contribution in [-0.4, -0.2) is 178 Å². The molecule has 0 fully saturated rings. The van der Waals surface area contributed by atoms with Crippen molar-refractivity contribution < 1.29 is 38.1 Å². The summed E-state index contributed by atoms with van der Waals surface area (Å²) >= 11 is 0. The lowest BCUT2D eigenvalue weighted by Gasteiger charge is -2.25. The molecule has 69 heavy (non-hydrogen) atoms. The van der Waals surface area contributed by atoms with Gasteiger partial charge in [0.2, 0.25) is 0 Å². The zero-order valence-electron chi connectivity index (χ0n) is 42.2. The summed E-state index contributed by atoms with van der Waals surface area (Å²) < 4.78 is 26.3. The lowest BCUT2D eigenvalue weighted by Crippen LogP contribution is -2.34. The first-order valence-corrected chi connectivity index (χ1v) is 23.7. The third kappa shape index (κ3) is 17.1. The van der Waals surface area contributed by atoms with Crippen LogP contribution in [0.5, 0.6) is 23.0 Å². The van der Waals surface area contributed by atoms with Crippen LogP contribution in [0.15, 0.2) is 72.8 Å². The molecule has 0 radical (unpaired) electrons. The maximum atomic E-state index is 13.3. The van der Waals surface area contributed by atoms with Gasteiger partial charge in [0.15, 0.2) is 26.4 Å². The van der Waals surface area contributed by atoms with Gasteiger partial charge in [-0.15, -0.1) is 0 Å². The van der Waals surface area contributed by atoms with Gasteiger partial charge in [-0.2, -0.15) is 0 Å².